The summed E-state index contributed by atoms with van der Waals surface area (Å²) in [4.78, 5) is 5.76. The summed E-state index contributed by atoms with van der Waals surface area (Å²) in [5.41, 5.74) is 6.25. The van der Waals surface area contributed by atoms with Gasteiger partial charge < -0.3 is 10.4 Å². The van der Waals surface area contributed by atoms with E-state index in [2.05, 4.69) is 41.7 Å². The Labute approximate surface area is 200 Å². The molecule has 33 heavy (non-hydrogen) atoms. The van der Waals surface area contributed by atoms with Crippen molar-refractivity contribution in [2.45, 2.75) is 64.4 Å². The van der Waals surface area contributed by atoms with E-state index in [1.54, 1.807) is 13.8 Å². The van der Waals surface area contributed by atoms with E-state index < -0.39 is 5.60 Å². The van der Waals surface area contributed by atoms with Gasteiger partial charge in [-0.1, -0.05) is 42.6 Å². The molecule has 0 unspecified atom stereocenters. The minimum Gasteiger partial charge on any atom is -0.389 e. The summed E-state index contributed by atoms with van der Waals surface area (Å²) in [5, 5.41) is 18.7. The molecule has 0 radical (unpaired) electrons. The van der Waals surface area contributed by atoms with Gasteiger partial charge in [-0.2, -0.15) is 5.10 Å². The first-order chi connectivity index (χ1) is 15.9. The summed E-state index contributed by atoms with van der Waals surface area (Å²) in [5.74, 6) is 0.794. The van der Waals surface area contributed by atoms with Gasteiger partial charge in [0.25, 0.3) is 0 Å². The molecule has 2 heterocycles. The molecule has 0 atom stereocenters. The number of thiocarbonyl (C=S) groups is 1. The van der Waals surface area contributed by atoms with Crippen molar-refractivity contribution in [3.8, 4) is 11.3 Å². The smallest absolute Gasteiger partial charge is 0.177 e. The SMILES string of the molecule is CC(C)(O)CNc1cc(C2=CCCCC2)nn2c(-c3ccc(C(=S)CC4CC4)cc3)cnc12. The number of hydrogen-bond acceptors (Lipinski definition) is 5. The summed E-state index contributed by atoms with van der Waals surface area (Å²) in [6.45, 7) is 4.03. The number of fused-ring (bicyclic) bond motifs is 1. The lowest BCUT2D eigenvalue weighted by atomic mass is 9.97. The van der Waals surface area contributed by atoms with Gasteiger partial charge >= 0.3 is 0 Å². The second kappa shape index (κ2) is 8.99. The van der Waals surface area contributed by atoms with Gasteiger partial charge in [-0.15, -0.1) is 0 Å². The van der Waals surface area contributed by atoms with Crippen LogP contribution in [-0.2, 0) is 0 Å². The van der Waals surface area contributed by atoms with Crippen molar-refractivity contribution in [2.75, 3.05) is 11.9 Å². The summed E-state index contributed by atoms with van der Waals surface area (Å²) in [7, 11) is 0. The fourth-order valence-corrected chi connectivity index (χ4v) is 4.74. The van der Waals surface area contributed by atoms with Gasteiger partial charge in [-0.3, -0.25) is 0 Å². The summed E-state index contributed by atoms with van der Waals surface area (Å²) in [6, 6.07) is 10.6. The van der Waals surface area contributed by atoms with Crippen LogP contribution in [0, 0.1) is 5.92 Å². The maximum atomic E-state index is 10.3. The molecule has 5 rings (SSSR count). The fraction of sp³-hybridized carbons (Fsp3) is 0.444. The molecular weight excluding hydrogens is 428 g/mol. The quantitative estimate of drug-likeness (QED) is 0.316. The van der Waals surface area contributed by atoms with Gasteiger partial charge in [0.15, 0.2) is 5.65 Å². The molecule has 0 bridgehead atoms. The molecule has 2 aromatic heterocycles. The minimum absolute atomic E-state index is 0.431. The van der Waals surface area contributed by atoms with Crippen LogP contribution in [0.2, 0.25) is 0 Å². The number of allylic oxidation sites excluding steroid dienone is 2. The van der Waals surface area contributed by atoms with E-state index in [-0.39, 0.29) is 0 Å². The third-order valence-electron chi connectivity index (χ3n) is 6.47. The number of nitrogens with one attached hydrogen (secondary N) is 1. The van der Waals surface area contributed by atoms with Crippen LogP contribution in [-0.4, -0.2) is 36.7 Å². The maximum absolute atomic E-state index is 10.3. The van der Waals surface area contributed by atoms with Crippen LogP contribution in [0.15, 0.2) is 42.6 Å². The Morgan fingerprint density at radius 2 is 2.00 bits per heavy atom. The van der Waals surface area contributed by atoms with E-state index in [9.17, 15) is 5.11 Å². The van der Waals surface area contributed by atoms with Crippen molar-refractivity contribution in [2.24, 2.45) is 5.92 Å². The molecule has 6 heteroatoms. The fourth-order valence-electron chi connectivity index (χ4n) is 4.36. The van der Waals surface area contributed by atoms with E-state index in [4.69, 9.17) is 22.3 Å². The van der Waals surface area contributed by atoms with Crippen molar-refractivity contribution in [1.29, 1.82) is 0 Å². The predicted molar refractivity (Wildman–Crippen MR) is 139 cm³/mol. The Balaban J connectivity index is 1.52. The van der Waals surface area contributed by atoms with Crippen molar-refractivity contribution in [3.63, 3.8) is 0 Å². The average Bonchev–Trinajstić information content (AvgIpc) is 3.52. The van der Waals surface area contributed by atoms with Crippen LogP contribution < -0.4 is 5.32 Å². The normalized spacial score (nSPS) is 16.6. The zero-order valence-corrected chi connectivity index (χ0v) is 20.3. The Morgan fingerprint density at radius 1 is 1.21 bits per heavy atom. The van der Waals surface area contributed by atoms with Crippen LogP contribution in [0.5, 0.6) is 0 Å². The number of hydrogen-bond donors (Lipinski definition) is 2. The summed E-state index contributed by atoms with van der Waals surface area (Å²) in [6.07, 6.45) is 12.4. The molecule has 2 N–H and O–H groups in total. The van der Waals surface area contributed by atoms with Crippen molar-refractivity contribution in [3.05, 3.63) is 53.9 Å². The van der Waals surface area contributed by atoms with E-state index in [0.29, 0.717) is 6.54 Å². The van der Waals surface area contributed by atoms with Crippen molar-refractivity contribution in [1.82, 2.24) is 14.6 Å². The molecule has 0 amide bonds. The van der Waals surface area contributed by atoms with Gasteiger partial charge in [-0.25, -0.2) is 9.50 Å². The molecule has 172 valence electrons. The Hall–Kier alpha value is -2.57. The lowest BCUT2D eigenvalue weighted by Crippen LogP contribution is -2.29. The molecule has 3 aromatic rings. The average molecular weight is 461 g/mol. The number of nitrogens with zero attached hydrogens (tertiary/aromatic N) is 3. The molecule has 0 aliphatic heterocycles. The molecule has 0 spiro atoms. The standard InChI is InChI=1S/C27H32N4OS/c1-27(2,32)17-29-23-15-22(19-6-4-3-5-7-19)30-31-24(16-28-26(23)31)20-10-12-21(13-11-20)25(33)14-18-8-9-18/h6,10-13,15-16,18,29,32H,3-5,7-9,14,17H2,1-2H3. The number of imidazole rings is 1. The van der Waals surface area contributed by atoms with Crippen LogP contribution in [0.1, 0.15) is 70.1 Å². The summed E-state index contributed by atoms with van der Waals surface area (Å²) >= 11 is 5.66. The third-order valence-corrected chi connectivity index (χ3v) is 6.88. The number of aliphatic hydroxyl groups is 1. The lowest BCUT2D eigenvalue weighted by molar-refractivity contribution is 0.0945. The first kappa shape index (κ1) is 22.2. The Bertz CT molecular complexity index is 1200. The molecular formula is C27H32N4OS. The zero-order chi connectivity index (χ0) is 23.0. The highest BCUT2D eigenvalue weighted by atomic mass is 32.1. The van der Waals surface area contributed by atoms with E-state index in [1.807, 2.05) is 10.7 Å². The second-order valence-corrected chi connectivity index (χ2v) is 10.6. The minimum atomic E-state index is -0.825. The largest absolute Gasteiger partial charge is 0.389 e. The first-order valence-electron chi connectivity index (χ1n) is 12.1. The highest BCUT2D eigenvalue weighted by Crippen LogP contribution is 2.34. The van der Waals surface area contributed by atoms with Crippen LogP contribution in [0.25, 0.3) is 22.5 Å². The van der Waals surface area contributed by atoms with Gasteiger partial charge in [-0.05, 0) is 81.9 Å². The van der Waals surface area contributed by atoms with Gasteiger partial charge in [0.05, 0.1) is 28.9 Å². The number of rotatable bonds is 8. The molecule has 0 saturated heterocycles. The van der Waals surface area contributed by atoms with Gasteiger partial charge in [0, 0.05) is 17.0 Å². The number of aromatic nitrogens is 3. The van der Waals surface area contributed by atoms with Crippen molar-refractivity contribution >= 4 is 34.0 Å². The molecule has 5 nitrogen and oxygen atoms in total. The van der Waals surface area contributed by atoms with E-state index >= 15 is 0 Å². The van der Waals surface area contributed by atoms with Gasteiger partial charge in [0.2, 0.25) is 0 Å². The topological polar surface area (TPSA) is 62.5 Å². The Kier molecular flexibility index (Phi) is 6.06. The van der Waals surface area contributed by atoms with Gasteiger partial charge in [0.1, 0.15) is 0 Å². The Morgan fingerprint density at radius 3 is 2.67 bits per heavy atom. The maximum Gasteiger partial charge on any atom is 0.177 e. The highest BCUT2D eigenvalue weighted by molar-refractivity contribution is 7.80. The number of benzene rings is 1. The highest BCUT2D eigenvalue weighted by Gasteiger charge is 2.23. The van der Waals surface area contributed by atoms with Crippen LogP contribution >= 0.6 is 12.2 Å². The van der Waals surface area contributed by atoms with Crippen molar-refractivity contribution < 1.29 is 5.11 Å². The second-order valence-electron chi connectivity index (χ2n) is 10.1. The monoisotopic (exact) mass is 460 g/mol. The molecule has 1 fully saturated rings. The van der Waals surface area contributed by atoms with E-state index in [1.165, 1.54) is 31.3 Å². The van der Waals surface area contributed by atoms with Crippen LogP contribution in [0.3, 0.4) is 0 Å². The number of anilines is 1. The molecule has 2 aliphatic carbocycles. The molecule has 2 aliphatic rings. The zero-order valence-electron chi connectivity index (χ0n) is 19.5. The van der Waals surface area contributed by atoms with Crippen LogP contribution in [0.4, 0.5) is 5.69 Å². The lowest BCUT2D eigenvalue weighted by Gasteiger charge is -2.20. The third kappa shape index (κ3) is 5.17. The van der Waals surface area contributed by atoms with E-state index in [0.717, 1.165) is 63.9 Å². The first-order valence-corrected chi connectivity index (χ1v) is 12.5. The predicted octanol–water partition coefficient (Wildman–Crippen LogP) is 6.05. The molecule has 1 aromatic carbocycles. The summed E-state index contributed by atoms with van der Waals surface area (Å²) < 4.78 is 1.94. The molecule has 1 saturated carbocycles.